The molecule has 0 aliphatic carbocycles. The van der Waals surface area contributed by atoms with Crippen molar-refractivity contribution >= 4 is 0 Å². The molecule has 0 saturated carbocycles. The number of ether oxygens (including phenoxy) is 1. The van der Waals surface area contributed by atoms with E-state index < -0.39 is 0 Å². The third-order valence-electron chi connectivity index (χ3n) is 4.09. The van der Waals surface area contributed by atoms with E-state index in [2.05, 4.69) is 32.6 Å². The van der Waals surface area contributed by atoms with Gasteiger partial charge in [-0.05, 0) is 39.7 Å². The lowest BCUT2D eigenvalue weighted by atomic mass is 9.95. The van der Waals surface area contributed by atoms with Gasteiger partial charge in [-0.2, -0.15) is 0 Å². The number of hydrogen-bond acceptors (Lipinski definition) is 3. The Hall–Kier alpha value is -0.120. The van der Waals surface area contributed by atoms with Gasteiger partial charge in [0.2, 0.25) is 0 Å². The lowest BCUT2D eigenvalue weighted by molar-refractivity contribution is 0.00360. The van der Waals surface area contributed by atoms with Crippen LogP contribution in [0.15, 0.2) is 0 Å². The molecule has 0 aromatic heterocycles. The summed E-state index contributed by atoms with van der Waals surface area (Å²) in [4.78, 5) is 2.48. The highest BCUT2D eigenvalue weighted by molar-refractivity contribution is 4.88. The van der Waals surface area contributed by atoms with E-state index in [1.54, 1.807) is 0 Å². The molecule has 0 aromatic carbocycles. The molecule has 0 radical (unpaired) electrons. The van der Waals surface area contributed by atoms with Gasteiger partial charge in [0.15, 0.2) is 0 Å². The first-order valence-corrected chi connectivity index (χ1v) is 6.66. The second-order valence-electron chi connectivity index (χ2n) is 5.24. The monoisotopic (exact) mass is 228 g/mol. The van der Waals surface area contributed by atoms with Gasteiger partial charge >= 0.3 is 0 Å². The summed E-state index contributed by atoms with van der Waals surface area (Å²) in [5, 5.41) is 0. The number of hydrogen-bond donors (Lipinski definition) is 1. The Morgan fingerprint density at radius 3 is 2.44 bits per heavy atom. The molecule has 96 valence electrons. The van der Waals surface area contributed by atoms with E-state index in [0.29, 0.717) is 12.2 Å². The Morgan fingerprint density at radius 2 is 2.06 bits per heavy atom. The summed E-state index contributed by atoms with van der Waals surface area (Å²) in [5.74, 6) is 0. The summed E-state index contributed by atoms with van der Waals surface area (Å²) in [7, 11) is 0. The summed E-state index contributed by atoms with van der Waals surface area (Å²) in [6, 6.07) is 0. The molecular weight excluding hydrogens is 200 g/mol. The van der Waals surface area contributed by atoms with Crippen LogP contribution in [0.3, 0.4) is 0 Å². The van der Waals surface area contributed by atoms with Gasteiger partial charge in [-0.25, -0.2) is 0 Å². The lowest BCUT2D eigenvalue weighted by Gasteiger charge is -2.40. The predicted octanol–water partition coefficient (Wildman–Crippen LogP) is 2.00. The van der Waals surface area contributed by atoms with Crippen molar-refractivity contribution in [2.45, 2.75) is 64.7 Å². The van der Waals surface area contributed by atoms with Crippen molar-refractivity contribution in [2.24, 2.45) is 5.73 Å². The minimum atomic E-state index is 0.129. The van der Waals surface area contributed by atoms with Crippen LogP contribution in [-0.2, 0) is 4.74 Å². The van der Waals surface area contributed by atoms with Crippen molar-refractivity contribution in [1.82, 2.24) is 4.90 Å². The number of rotatable bonds is 6. The highest BCUT2D eigenvalue weighted by atomic mass is 16.5. The van der Waals surface area contributed by atoms with Crippen LogP contribution in [0.2, 0.25) is 0 Å². The largest absolute Gasteiger partial charge is 0.374 e. The molecule has 1 fully saturated rings. The summed E-state index contributed by atoms with van der Waals surface area (Å²) in [6.07, 6.45) is 4.34. The average Bonchev–Trinajstić information content (AvgIpc) is 2.70. The summed E-state index contributed by atoms with van der Waals surface area (Å²) in [5.41, 5.74) is 6.04. The van der Waals surface area contributed by atoms with Crippen molar-refractivity contribution in [1.29, 1.82) is 0 Å². The summed E-state index contributed by atoms with van der Waals surface area (Å²) in [6.45, 7) is 11.7. The second-order valence-corrected chi connectivity index (χ2v) is 5.24. The number of likely N-dealkylation sites (N-methyl/N-ethyl adjacent to an activating group) is 1. The molecule has 2 N–H and O–H groups in total. The summed E-state index contributed by atoms with van der Waals surface area (Å²) >= 11 is 0. The lowest BCUT2D eigenvalue weighted by Crippen LogP contribution is -2.53. The minimum absolute atomic E-state index is 0.129. The van der Waals surface area contributed by atoms with Gasteiger partial charge in [0.25, 0.3) is 0 Å². The molecule has 3 unspecified atom stereocenters. The van der Waals surface area contributed by atoms with E-state index >= 15 is 0 Å². The maximum absolute atomic E-state index is 5.91. The van der Waals surface area contributed by atoms with E-state index in [-0.39, 0.29) is 5.54 Å². The number of nitrogens with two attached hydrogens (primary N) is 1. The highest BCUT2D eigenvalue weighted by Gasteiger charge is 2.31. The Kier molecular flexibility index (Phi) is 5.22. The molecule has 1 aliphatic rings. The fourth-order valence-electron chi connectivity index (χ4n) is 2.49. The first-order valence-electron chi connectivity index (χ1n) is 6.66. The zero-order chi connectivity index (χ0) is 12.2. The third-order valence-corrected chi connectivity index (χ3v) is 4.09. The molecule has 1 heterocycles. The maximum atomic E-state index is 5.91. The van der Waals surface area contributed by atoms with Gasteiger partial charge in [0.05, 0.1) is 12.2 Å². The predicted molar refractivity (Wildman–Crippen MR) is 68.6 cm³/mol. The Morgan fingerprint density at radius 1 is 1.38 bits per heavy atom. The fourth-order valence-corrected chi connectivity index (χ4v) is 2.49. The smallest absolute Gasteiger partial charge is 0.0706 e. The molecule has 1 aliphatic heterocycles. The zero-order valence-corrected chi connectivity index (χ0v) is 11.3. The first-order chi connectivity index (χ1) is 7.55. The van der Waals surface area contributed by atoms with Crippen LogP contribution in [0.4, 0.5) is 0 Å². The standard InChI is InChI=1S/C13H28N2O/c1-5-13(4,10-14)15(6-2)9-12-8-7-11(3)16-12/h11-12H,5-10,14H2,1-4H3. The van der Waals surface area contributed by atoms with E-state index in [1.165, 1.54) is 12.8 Å². The molecule has 3 heteroatoms. The van der Waals surface area contributed by atoms with Gasteiger partial charge in [-0.1, -0.05) is 13.8 Å². The fraction of sp³-hybridized carbons (Fsp3) is 1.00. The molecule has 0 bridgehead atoms. The molecule has 1 rings (SSSR count). The van der Waals surface area contributed by atoms with Crippen LogP contribution in [-0.4, -0.2) is 42.3 Å². The van der Waals surface area contributed by atoms with Gasteiger partial charge in [0.1, 0.15) is 0 Å². The summed E-state index contributed by atoms with van der Waals surface area (Å²) < 4.78 is 5.90. The third kappa shape index (κ3) is 3.19. The molecule has 0 spiro atoms. The molecule has 0 amide bonds. The molecule has 3 atom stereocenters. The average molecular weight is 228 g/mol. The van der Waals surface area contributed by atoms with Crippen LogP contribution in [0.25, 0.3) is 0 Å². The van der Waals surface area contributed by atoms with Crippen molar-refractivity contribution in [3.05, 3.63) is 0 Å². The van der Waals surface area contributed by atoms with Crippen LogP contribution in [0.5, 0.6) is 0 Å². The quantitative estimate of drug-likeness (QED) is 0.756. The van der Waals surface area contributed by atoms with E-state index in [0.717, 1.165) is 26.1 Å². The van der Waals surface area contributed by atoms with Crippen molar-refractivity contribution in [3.8, 4) is 0 Å². The molecule has 0 aromatic rings. The van der Waals surface area contributed by atoms with E-state index in [9.17, 15) is 0 Å². The molecule has 1 saturated heterocycles. The van der Waals surface area contributed by atoms with Crippen LogP contribution in [0.1, 0.15) is 47.0 Å². The molecule has 3 nitrogen and oxygen atoms in total. The Labute approximate surface area is 100 Å². The van der Waals surface area contributed by atoms with Gasteiger partial charge in [0, 0.05) is 18.6 Å². The van der Waals surface area contributed by atoms with Crippen molar-refractivity contribution in [3.63, 3.8) is 0 Å². The van der Waals surface area contributed by atoms with Crippen molar-refractivity contribution < 1.29 is 4.74 Å². The highest BCUT2D eigenvalue weighted by Crippen LogP contribution is 2.24. The first kappa shape index (κ1) is 13.9. The molecular formula is C13H28N2O. The topological polar surface area (TPSA) is 38.5 Å². The van der Waals surface area contributed by atoms with Crippen LogP contribution < -0.4 is 5.73 Å². The van der Waals surface area contributed by atoms with E-state index in [1.807, 2.05) is 0 Å². The van der Waals surface area contributed by atoms with Gasteiger partial charge in [-0.15, -0.1) is 0 Å². The minimum Gasteiger partial charge on any atom is -0.374 e. The van der Waals surface area contributed by atoms with Gasteiger partial charge < -0.3 is 10.5 Å². The van der Waals surface area contributed by atoms with Crippen LogP contribution >= 0.6 is 0 Å². The van der Waals surface area contributed by atoms with Crippen molar-refractivity contribution in [2.75, 3.05) is 19.6 Å². The SMILES string of the molecule is CCN(CC1CCC(C)O1)C(C)(CC)CN. The second kappa shape index (κ2) is 5.99. The molecule has 16 heavy (non-hydrogen) atoms. The normalized spacial score (nSPS) is 29.6. The van der Waals surface area contributed by atoms with Gasteiger partial charge in [-0.3, -0.25) is 4.90 Å². The Bertz CT molecular complexity index is 204. The van der Waals surface area contributed by atoms with Crippen LogP contribution in [0, 0.1) is 0 Å². The maximum Gasteiger partial charge on any atom is 0.0706 e. The zero-order valence-electron chi connectivity index (χ0n) is 11.3. The number of nitrogens with zero attached hydrogens (tertiary/aromatic N) is 1. The Balaban J connectivity index is 2.54. The van der Waals surface area contributed by atoms with E-state index in [4.69, 9.17) is 10.5 Å².